The van der Waals surface area contributed by atoms with Gasteiger partial charge in [0.1, 0.15) is 12.4 Å². The minimum Gasteiger partial charge on any atom is -0.492 e. The quantitative estimate of drug-likeness (QED) is 0.748. The molecule has 0 saturated carbocycles. The van der Waals surface area contributed by atoms with Crippen molar-refractivity contribution in [1.82, 2.24) is 15.2 Å². The van der Waals surface area contributed by atoms with Gasteiger partial charge < -0.3 is 15.0 Å². The van der Waals surface area contributed by atoms with E-state index in [2.05, 4.69) is 29.3 Å². The zero-order valence-corrected chi connectivity index (χ0v) is 12.3. The summed E-state index contributed by atoms with van der Waals surface area (Å²) >= 11 is 0. The Hall–Kier alpha value is -1.65. The van der Waals surface area contributed by atoms with Crippen LogP contribution in [0.25, 0.3) is 10.9 Å². The summed E-state index contributed by atoms with van der Waals surface area (Å²) in [5.74, 6) is 0.908. The normalized spacial score (nSPS) is 11.2. The Labute approximate surface area is 120 Å². The second-order valence-corrected chi connectivity index (χ2v) is 5.08. The van der Waals surface area contributed by atoms with Crippen molar-refractivity contribution < 1.29 is 4.74 Å². The summed E-state index contributed by atoms with van der Waals surface area (Å²) in [7, 11) is 4.19. The SMILES string of the molecule is CN(C)CCCNCCOc1cccc2ncccc12. The van der Waals surface area contributed by atoms with Gasteiger partial charge in [-0.3, -0.25) is 4.98 Å². The van der Waals surface area contributed by atoms with Crippen LogP contribution in [0.1, 0.15) is 6.42 Å². The van der Waals surface area contributed by atoms with E-state index in [1.807, 2.05) is 30.3 Å². The number of nitrogens with one attached hydrogen (secondary N) is 1. The molecule has 0 bridgehead atoms. The second kappa shape index (κ2) is 7.82. The molecule has 1 heterocycles. The highest BCUT2D eigenvalue weighted by Gasteiger charge is 2.01. The number of hydrogen-bond donors (Lipinski definition) is 1. The third kappa shape index (κ3) is 4.47. The maximum absolute atomic E-state index is 5.83. The van der Waals surface area contributed by atoms with Crippen molar-refractivity contribution in [1.29, 1.82) is 0 Å². The molecule has 0 fully saturated rings. The fourth-order valence-electron chi connectivity index (χ4n) is 2.08. The summed E-state index contributed by atoms with van der Waals surface area (Å²) in [6.45, 7) is 3.68. The highest BCUT2D eigenvalue weighted by Crippen LogP contribution is 2.23. The molecule has 0 radical (unpaired) electrons. The molecule has 0 aliphatic rings. The van der Waals surface area contributed by atoms with Crippen molar-refractivity contribution in [2.75, 3.05) is 40.3 Å². The van der Waals surface area contributed by atoms with Gasteiger partial charge in [0.15, 0.2) is 0 Å². The van der Waals surface area contributed by atoms with Crippen LogP contribution in [0.3, 0.4) is 0 Å². The van der Waals surface area contributed by atoms with Gasteiger partial charge >= 0.3 is 0 Å². The fraction of sp³-hybridized carbons (Fsp3) is 0.438. The molecule has 4 nitrogen and oxygen atoms in total. The van der Waals surface area contributed by atoms with Gasteiger partial charge in [0.2, 0.25) is 0 Å². The van der Waals surface area contributed by atoms with E-state index in [0.29, 0.717) is 6.61 Å². The Morgan fingerprint density at radius 2 is 2.05 bits per heavy atom. The van der Waals surface area contributed by atoms with E-state index < -0.39 is 0 Å². The van der Waals surface area contributed by atoms with E-state index in [1.165, 1.54) is 0 Å². The third-order valence-corrected chi connectivity index (χ3v) is 3.10. The molecule has 0 aliphatic carbocycles. The molecule has 0 saturated heterocycles. The molecule has 0 spiro atoms. The van der Waals surface area contributed by atoms with Crippen LogP contribution in [0.4, 0.5) is 0 Å². The molecule has 0 atom stereocenters. The molecule has 0 aliphatic heterocycles. The predicted octanol–water partition coefficient (Wildman–Crippen LogP) is 2.15. The molecule has 1 N–H and O–H groups in total. The van der Waals surface area contributed by atoms with E-state index in [9.17, 15) is 0 Å². The number of hydrogen-bond acceptors (Lipinski definition) is 4. The molecule has 2 aromatic rings. The van der Waals surface area contributed by atoms with Crippen molar-refractivity contribution in [2.24, 2.45) is 0 Å². The van der Waals surface area contributed by atoms with Gasteiger partial charge in [-0.25, -0.2) is 0 Å². The molecular weight excluding hydrogens is 250 g/mol. The number of fused-ring (bicyclic) bond motifs is 1. The molecule has 1 aromatic carbocycles. The first-order valence-electron chi connectivity index (χ1n) is 7.09. The van der Waals surface area contributed by atoms with E-state index in [0.717, 1.165) is 42.7 Å². The van der Waals surface area contributed by atoms with Crippen LogP contribution in [0.15, 0.2) is 36.5 Å². The van der Waals surface area contributed by atoms with Gasteiger partial charge in [0.05, 0.1) is 5.52 Å². The summed E-state index contributed by atoms with van der Waals surface area (Å²) in [6, 6.07) is 9.96. The van der Waals surface area contributed by atoms with E-state index in [1.54, 1.807) is 6.20 Å². The summed E-state index contributed by atoms with van der Waals surface area (Å²) < 4.78 is 5.83. The van der Waals surface area contributed by atoms with Crippen molar-refractivity contribution >= 4 is 10.9 Å². The summed E-state index contributed by atoms with van der Waals surface area (Å²) in [5, 5.41) is 4.46. The van der Waals surface area contributed by atoms with Gasteiger partial charge in [0, 0.05) is 18.1 Å². The Morgan fingerprint density at radius 3 is 2.90 bits per heavy atom. The van der Waals surface area contributed by atoms with Crippen LogP contribution in [0, 0.1) is 0 Å². The Bertz CT molecular complexity index is 523. The van der Waals surface area contributed by atoms with Crippen LogP contribution >= 0.6 is 0 Å². The molecule has 4 heteroatoms. The van der Waals surface area contributed by atoms with Crippen LogP contribution in [-0.2, 0) is 0 Å². The summed E-state index contributed by atoms with van der Waals surface area (Å²) in [6.07, 6.45) is 2.96. The maximum Gasteiger partial charge on any atom is 0.128 e. The number of ether oxygens (including phenoxy) is 1. The highest BCUT2D eigenvalue weighted by atomic mass is 16.5. The number of benzene rings is 1. The molecule has 0 unspecified atom stereocenters. The zero-order valence-electron chi connectivity index (χ0n) is 12.3. The van der Waals surface area contributed by atoms with Crippen molar-refractivity contribution in [3.05, 3.63) is 36.5 Å². The lowest BCUT2D eigenvalue weighted by Gasteiger charge is -2.11. The number of aromatic nitrogens is 1. The molecular formula is C16H23N3O. The second-order valence-electron chi connectivity index (χ2n) is 5.08. The van der Waals surface area contributed by atoms with Crippen molar-refractivity contribution in [3.63, 3.8) is 0 Å². The van der Waals surface area contributed by atoms with Gasteiger partial charge in [-0.05, 0) is 57.9 Å². The van der Waals surface area contributed by atoms with Gasteiger partial charge in [-0.1, -0.05) is 6.07 Å². The number of rotatable bonds is 8. The zero-order chi connectivity index (χ0) is 14.2. The smallest absolute Gasteiger partial charge is 0.128 e. The molecule has 108 valence electrons. The van der Waals surface area contributed by atoms with E-state index in [4.69, 9.17) is 4.74 Å². The molecule has 2 rings (SSSR count). The van der Waals surface area contributed by atoms with Gasteiger partial charge in [0.25, 0.3) is 0 Å². The standard InChI is InChI=1S/C16H23N3O/c1-19(2)12-5-9-17-11-13-20-16-8-3-7-15-14(16)6-4-10-18-15/h3-4,6-8,10,17H,5,9,11-13H2,1-2H3. The Morgan fingerprint density at radius 1 is 1.15 bits per heavy atom. The number of pyridine rings is 1. The first kappa shape index (κ1) is 14.8. The molecule has 20 heavy (non-hydrogen) atoms. The van der Waals surface area contributed by atoms with E-state index >= 15 is 0 Å². The minimum absolute atomic E-state index is 0.677. The molecule has 0 amide bonds. The first-order valence-corrected chi connectivity index (χ1v) is 7.09. The maximum atomic E-state index is 5.83. The topological polar surface area (TPSA) is 37.4 Å². The van der Waals surface area contributed by atoms with Gasteiger partial charge in [-0.15, -0.1) is 0 Å². The average molecular weight is 273 g/mol. The minimum atomic E-state index is 0.677. The third-order valence-electron chi connectivity index (χ3n) is 3.10. The number of nitrogens with zero attached hydrogens (tertiary/aromatic N) is 2. The first-order chi connectivity index (χ1) is 9.77. The van der Waals surface area contributed by atoms with Crippen LogP contribution in [0.5, 0.6) is 5.75 Å². The lowest BCUT2D eigenvalue weighted by molar-refractivity contribution is 0.314. The van der Waals surface area contributed by atoms with E-state index in [-0.39, 0.29) is 0 Å². The fourth-order valence-corrected chi connectivity index (χ4v) is 2.08. The highest BCUT2D eigenvalue weighted by molar-refractivity contribution is 5.84. The largest absolute Gasteiger partial charge is 0.492 e. The van der Waals surface area contributed by atoms with Crippen LogP contribution in [-0.4, -0.2) is 50.2 Å². The lowest BCUT2D eigenvalue weighted by atomic mass is 10.2. The van der Waals surface area contributed by atoms with Gasteiger partial charge in [-0.2, -0.15) is 0 Å². The summed E-state index contributed by atoms with van der Waals surface area (Å²) in [5.41, 5.74) is 0.976. The Kier molecular flexibility index (Phi) is 5.77. The molecule has 1 aromatic heterocycles. The van der Waals surface area contributed by atoms with Crippen molar-refractivity contribution in [3.8, 4) is 5.75 Å². The monoisotopic (exact) mass is 273 g/mol. The average Bonchev–Trinajstić information content (AvgIpc) is 2.46. The van der Waals surface area contributed by atoms with Crippen molar-refractivity contribution in [2.45, 2.75) is 6.42 Å². The van der Waals surface area contributed by atoms with Crippen LogP contribution in [0.2, 0.25) is 0 Å². The predicted molar refractivity (Wildman–Crippen MR) is 83.3 cm³/mol. The Balaban J connectivity index is 1.73. The van der Waals surface area contributed by atoms with Crippen LogP contribution < -0.4 is 10.1 Å². The summed E-state index contributed by atoms with van der Waals surface area (Å²) in [4.78, 5) is 6.52. The lowest BCUT2D eigenvalue weighted by Crippen LogP contribution is -2.25.